The van der Waals surface area contributed by atoms with Gasteiger partial charge in [-0.25, -0.2) is 4.98 Å². The number of hydrogen-bond donors (Lipinski definition) is 1. The summed E-state index contributed by atoms with van der Waals surface area (Å²) < 4.78 is 5.76. The molecule has 1 heterocycles. The number of nitrogens with one attached hydrogen (secondary N) is 1. The van der Waals surface area contributed by atoms with Crippen LogP contribution in [0.15, 0.2) is 65.2 Å². The van der Waals surface area contributed by atoms with Crippen LogP contribution in [-0.4, -0.2) is 35.3 Å². The van der Waals surface area contributed by atoms with Crippen LogP contribution in [0, 0.1) is 0 Å². The minimum atomic E-state index is -0.202. The summed E-state index contributed by atoms with van der Waals surface area (Å²) in [6.07, 6.45) is 4.05. The lowest BCUT2D eigenvalue weighted by Gasteiger charge is -2.17. The van der Waals surface area contributed by atoms with Gasteiger partial charge >= 0.3 is 0 Å². The fraction of sp³-hybridized carbons (Fsp3) is 0.292. The molecule has 1 aromatic heterocycles. The monoisotopic (exact) mass is 405 g/mol. The van der Waals surface area contributed by atoms with E-state index in [9.17, 15) is 9.59 Å². The summed E-state index contributed by atoms with van der Waals surface area (Å²) in [5.74, 6) is 1.05. The fourth-order valence-electron chi connectivity index (χ4n) is 3.19. The first kappa shape index (κ1) is 21.3. The van der Waals surface area contributed by atoms with Gasteiger partial charge in [0.05, 0.1) is 12.7 Å². The lowest BCUT2D eigenvalue weighted by atomic mass is 10.1. The molecule has 3 rings (SSSR count). The van der Waals surface area contributed by atoms with Gasteiger partial charge in [0, 0.05) is 31.1 Å². The fourth-order valence-corrected chi connectivity index (χ4v) is 3.19. The Kier molecular flexibility index (Phi) is 7.38. The molecule has 0 saturated carbocycles. The van der Waals surface area contributed by atoms with Crippen molar-refractivity contribution < 1.29 is 14.0 Å². The van der Waals surface area contributed by atoms with Crippen LogP contribution in [0.5, 0.6) is 0 Å². The highest BCUT2D eigenvalue weighted by Crippen LogP contribution is 2.20. The Hall–Kier alpha value is -3.41. The van der Waals surface area contributed by atoms with Crippen LogP contribution in [0.1, 0.15) is 31.2 Å². The standard InChI is InChI=1S/C24H27N3O3/c1-3-18-10-7-8-13-20(18)26-22(28)17-27(2)24(29)15-9-14-23-25-16-21(30-23)19-11-5-4-6-12-19/h4-8,10-13,16H,3,9,14-15,17H2,1-2H3,(H,26,28). The Labute approximate surface area is 176 Å². The van der Waals surface area contributed by atoms with Crippen LogP contribution in [0.25, 0.3) is 11.3 Å². The highest BCUT2D eigenvalue weighted by molar-refractivity contribution is 5.95. The molecule has 0 aliphatic heterocycles. The molecule has 0 radical (unpaired) electrons. The van der Waals surface area contributed by atoms with Crippen molar-refractivity contribution in [2.24, 2.45) is 0 Å². The van der Waals surface area contributed by atoms with Gasteiger partial charge in [0.1, 0.15) is 0 Å². The first-order valence-electron chi connectivity index (χ1n) is 10.2. The average Bonchev–Trinajstić information content (AvgIpc) is 3.23. The first-order valence-corrected chi connectivity index (χ1v) is 10.2. The number of aryl methyl sites for hydroxylation is 2. The van der Waals surface area contributed by atoms with Crippen LogP contribution in [0.3, 0.4) is 0 Å². The Morgan fingerprint density at radius 3 is 2.57 bits per heavy atom. The third-order valence-electron chi connectivity index (χ3n) is 4.87. The zero-order chi connectivity index (χ0) is 21.3. The molecule has 156 valence electrons. The van der Waals surface area contributed by atoms with E-state index < -0.39 is 0 Å². The zero-order valence-electron chi connectivity index (χ0n) is 17.4. The number of nitrogens with zero attached hydrogens (tertiary/aromatic N) is 2. The smallest absolute Gasteiger partial charge is 0.243 e. The van der Waals surface area contributed by atoms with Gasteiger partial charge in [-0.1, -0.05) is 55.5 Å². The highest BCUT2D eigenvalue weighted by Gasteiger charge is 2.14. The number of aromatic nitrogens is 1. The molecule has 2 aromatic carbocycles. The van der Waals surface area contributed by atoms with Crippen LogP contribution < -0.4 is 5.32 Å². The number of likely N-dealkylation sites (N-methyl/N-ethyl adjacent to an activating group) is 1. The molecular formula is C24H27N3O3. The number of benzene rings is 2. The number of carbonyl (C=O) groups is 2. The molecule has 2 amide bonds. The van der Waals surface area contributed by atoms with E-state index in [-0.39, 0.29) is 18.4 Å². The van der Waals surface area contributed by atoms with E-state index in [1.165, 1.54) is 4.90 Å². The maximum absolute atomic E-state index is 12.4. The number of oxazole rings is 1. The lowest BCUT2D eigenvalue weighted by Crippen LogP contribution is -2.35. The Morgan fingerprint density at radius 1 is 1.07 bits per heavy atom. The number of carbonyl (C=O) groups excluding carboxylic acids is 2. The summed E-state index contributed by atoms with van der Waals surface area (Å²) in [6.45, 7) is 2.06. The molecule has 0 fully saturated rings. The molecule has 0 spiro atoms. The van der Waals surface area contributed by atoms with E-state index in [4.69, 9.17) is 4.42 Å². The molecule has 1 N–H and O–H groups in total. The van der Waals surface area contributed by atoms with E-state index >= 15 is 0 Å². The van der Waals surface area contributed by atoms with Crippen LogP contribution >= 0.6 is 0 Å². The summed E-state index contributed by atoms with van der Waals surface area (Å²) in [5, 5.41) is 2.89. The predicted molar refractivity (Wildman–Crippen MR) is 117 cm³/mol. The molecular weight excluding hydrogens is 378 g/mol. The van der Waals surface area contributed by atoms with Crippen molar-refractivity contribution in [2.45, 2.75) is 32.6 Å². The quantitative estimate of drug-likeness (QED) is 0.575. The maximum Gasteiger partial charge on any atom is 0.243 e. The predicted octanol–water partition coefficient (Wildman–Crippen LogP) is 4.32. The number of amides is 2. The van der Waals surface area contributed by atoms with E-state index in [1.807, 2.05) is 61.5 Å². The molecule has 0 atom stereocenters. The third kappa shape index (κ3) is 5.80. The van der Waals surface area contributed by atoms with Gasteiger partial charge in [0.25, 0.3) is 0 Å². The van der Waals surface area contributed by atoms with Gasteiger partial charge < -0.3 is 14.6 Å². The molecule has 0 bridgehead atoms. The second-order valence-electron chi connectivity index (χ2n) is 7.15. The highest BCUT2D eigenvalue weighted by atomic mass is 16.4. The Morgan fingerprint density at radius 2 is 1.80 bits per heavy atom. The lowest BCUT2D eigenvalue weighted by molar-refractivity contribution is -0.133. The normalized spacial score (nSPS) is 10.6. The van der Waals surface area contributed by atoms with Crippen molar-refractivity contribution in [1.29, 1.82) is 0 Å². The van der Waals surface area contributed by atoms with Crippen molar-refractivity contribution >= 4 is 17.5 Å². The van der Waals surface area contributed by atoms with Gasteiger partial charge in [-0.3, -0.25) is 9.59 Å². The van der Waals surface area contributed by atoms with Crippen LogP contribution in [0.2, 0.25) is 0 Å². The van der Waals surface area contributed by atoms with Gasteiger partial charge in [-0.15, -0.1) is 0 Å². The summed E-state index contributed by atoms with van der Waals surface area (Å²) in [4.78, 5) is 30.4. The van der Waals surface area contributed by atoms with Gasteiger partial charge in [0.2, 0.25) is 11.8 Å². The summed E-state index contributed by atoms with van der Waals surface area (Å²) >= 11 is 0. The molecule has 6 heteroatoms. The number of para-hydroxylation sites is 1. The van der Waals surface area contributed by atoms with Crippen molar-refractivity contribution in [3.8, 4) is 11.3 Å². The Bertz CT molecular complexity index is 982. The van der Waals surface area contributed by atoms with E-state index in [2.05, 4.69) is 10.3 Å². The second kappa shape index (κ2) is 10.4. The van der Waals surface area contributed by atoms with Gasteiger partial charge in [-0.2, -0.15) is 0 Å². The maximum atomic E-state index is 12.4. The Balaban J connectivity index is 1.43. The molecule has 30 heavy (non-hydrogen) atoms. The van der Waals surface area contributed by atoms with Crippen LogP contribution in [-0.2, 0) is 22.4 Å². The first-order chi connectivity index (χ1) is 14.6. The van der Waals surface area contributed by atoms with Crippen molar-refractivity contribution in [2.75, 3.05) is 18.9 Å². The van der Waals surface area contributed by atoms with Crippen molar-refractivity contribution in [3.05, 3.63) is 72.2 Å². The van der Waals surface area contributed by atoms with Gasteiger partial charge in [-0.05, 0) is 24.5 Å². The van der Waals surface area contributed by atoms with Crippen molar-refractivity contribution in [3.63, 3.8) is 0 Å². The van der Waals surface area contributed by atoms with Crippen LogP contribution in [0.4, 0.5) is 5.69 Å². The summed E-state index contributed by atoms with van der Waals surface area (Å²) in [7, 11) is 1.65. The molecule has 0 aliphatic rings. The SMILES string of the molecule is CCc1ccccc1NC(=O)CN(C)C(=O)CCCc1ncc(-c2ccccc2)o1. The summed E-state index contributed by atoms with van der Waals surface area (Å²) in [6, 6.07) is 17.5. The number of anilines is 1. The van der Waals surface area contributed by atoms with Crippen molar-refractivity contribution in [1.82, 2.24) is 9.88 Å². The topological polar surface area (TPSA) is 75.4 Å². The summed E-state index contributed by atoms with van der Waals surface area (Å²) in [5.41, 5.74) is 2.84. The minimum Gasteiger partial charge on any atom is -0.441 e. The largest absolute Gasteiger partial charge is 0.441 e. The molecule has 3 aromatic rings. The minimum absolute atomic E-state index is 0.0219. The van der Waals surface area contributed by atoms with E-state index in [0.717, 1.165) is 29.0 Å². The second-order valence-corrected chi connectivity index (χ2v) is 7.15. The average molecular weight is 405 g/mol. The van der Waals surface area contributed by atoms with E-state index in [0.29, 0.717) is 25.2 Å². The van der Waals surface area contributed by atoms with E-state index in [1.54, 1.807) is 13.2 Å². The molecule has 0 unspecified atom stereocenters. The molecule has 6 nitrogen and oxygen atoms in total. The van der Waals surface area contributed by atoms with Gasteiger partial charge in [0.15, 0.2) is 11.7 Å². The molecule has 0 aliphatic carbocycles. The zero-order valence-corrected chi connectivity index (χ0v) is 17.4. The molecule has 0 saturated heterocycles. The third-order valence-corrected chi connectivity index (χ3v) is 4.87. The number of hydrogen-bond acceptors (Lipinski definition) is 4. The number of rotatable bonds is 9.